The molecule has 0 spiro atoms. The van der Waals surface area contributed by atoms with Gasteiger partial charge in [-0.1, -0.05) is 11.6 Å². The molecule has 0 bridgehead atoms. The number of carbonyl (C=O) groups is 1. The zero-order valence-electron chi connectivity index (χ0n) is 11.5. The van der Waals surface area contributed by atoms with E-state index in [1.54, 1.807) is 18.2 Å². The van der Waals surface area contributed by atoms with Crippen LogP contribution in [0.5, 0.6) is 0 Å². The Morgan fingerprint density at radius 3 is 3.05 bits per heavy atom. The molecule has 0 radical (unpaired) electrons. The van der Waals surface area contributed by atoms with E-state index in [9.17, 15) is 9.59 Å². The van der Waals surface area contributed by atoms with Gasteiger partial charge in [0.2, 0.25) is 5.91 Å². The van der Waals surface area contributed by atoms with Crippen molar-refractivity contribution in [2.75, 3.05) is 13.1 Å². The lowest BCUT2D eigenvalue weighted by atomic mass is 10.2. The maximum Gasteiger partial charge on any atom is 0.258 e. The van der Waals surface area contributed by atoms with Crippen molar-refractivity contribution >= 4 is 28.4 Å². The van der Waals surface area contributed by atoms with Crippen molar-refractivity contribution in [2.45, 2.75) is 19.5 Å². The predicted molar refractivity (Wildman–Crippen MR) is 80.3 cm³/mol. The Labute approximate surface area is 126 Å². The van der Waals surface area contributed by atoms with Crippen molar-refractivity contribution in [3.05, 3.63) is 39.4 Å². The van der Waals surface area contributed by atoms with E-state index in [1.165, 1.54) is 0 Å². The minimum atomic E-state index is -0.232. The average Bonchev–Trinajstić information content (AvgIpc) is 2.45. The summed E-state index contributed by atoms with van der Waals surface area (Å²) in [6.07, 6.45) is 0. The van der Waals surface area contributed by atoms with E-state index in [-0.39, 0.29) is 17.5 Å². The Morgan fingerprint density at radius 1 is 1.43 bits per heavy atom. The topological polar surface area (TPSA) is 78.1 Å². The van der Waals surface area contributed by atoms with Crippen molar-refractivity contribution in [2.24, 2.45) is 0 Å². The number of carbonyl (C=O) groups excluding carboxylic acids is 1. The number of nitrogens with zero attached hydrogens (tertiary/aromatic N) is 2. The molecule has 1 aliphatic heterocycles. The second kappa shape index (κ2) is 5.46. The fraction of sp³-hybridized carbons (Fsp3) is 0.357. The number of fused-ring (bicyclic) bond motifs is 1. The molecule has 0 aliphatic carbocycles. The second-order valence-electron chi connectivity index (χ2n) is 5.11. The van der Waals surface area contributed by atoms with Crippen molar-refractivity contribution in [1.82, 2.24) is 20.2 Å². The summed E-state index contributed by atoms with van der Waals surface area (Å²) in [5.41, 5.74) is 0.388. The highest BCUT2D eigenvalue weighted by Gasteiger charge is 2.25. The van der Waals surface area contributed by atoms with Crippen LogP contribution in [0, 0.1) is 0 Å². The van der Waals surface area contributed by atoms with Gasteiger partial charge < -0.3 is 10.3 Å². The van der Waals surface area contributed by atoms with Crippen LogP contribution in [0.15, 0.2) is 23.0 Å². The van der Waals surface area contributed by atoms with Crippen molar-refractivity contribution in [3.8, 4) is 0 Å². The van der Waals surface area contributed by atoms with Crippen LogP contribution in [-0.4, -0.2) is 39.9 Å². The maximum atomic E-state index is 12.1. The Balaban J connectivity index is 1.93. The highest BCUT2D eigenvalue weighted by molar-refractivity contribution is 6.31. The molecule has 2 N–H and O–H groups in total. The molecule has 1 aromatic heterocycles. The number of halogens is 1. The molecule has 1 saturated heterocycles. The minimum Gasteiger partial charge on any atom is -0.353 e. The molecule has 21 heavy (non-hydrogen) atoms. The van der Waals surface area contributed by atoms with E-state index in [0.29, 0.717) is 34.8 Å². The SMILES string of the molecule is CC1C(=O)NCCN1Cc1nc2ccc(Cl)cc2c(=O)[nH]1. The van der Waals surface area contributed by atoms with Crippen LogP contribution in [-0.2, 0) is 11.3 Å². The van der Waals surface area contributed by atoms with Crippen molar-refractivity contribution < 1.29 is 4.79 Å². The van der Waals surface area contributed by atoms with Gasteiger partial charge in [-0.3, -0.25) is 14.5 Å². The zero-order valence-corrected chi connectivity index (χ0v) is 12.3. The van der Waals surface area contributed by atoms with Gasteiger partial charge in [-0.2, -0.15) is 0 Å². The van der Waals surface area contributed by atoms with Gasteiger partial charge in [-0.15, -0.1) is 0 Å². The van der Waals surface area contributed by atoms with E-state index in [2.05, 4.69) is 15.3 Å². The summed E-state index contributed by atoms with van der Waals surface area (Å²) in [4.78, 5) is 32.9. The molecule has 0 saturated carbocycles. The third-order valence-corrected chi connectivity index (χ3v) is 3.93. The summed E-state index contributed by atoms with van der Waals surface area (Å²) in [6, 6.07) is 4.80. The molecular weight excluding hydrogens is 292 g/mol. The molecule has 1 fully saturated rings. The van der Waals surface area contributed by atoms with Crippen LogP contribution in [0.1, 0.15) is 12.7 Å². The van der Waals surface area contributed by atoms with E-state index in [0.717, 1.165) is 6.54 Å². The van der Waals surface area contributed by atoms with E-state index in [4.69, 9.17) is 11.6 Å². The first-order valence-corrected chi connectivity index (χ1v) is 7.12. The van der Waals surface area contributed by atoms with Crippen LogP contribution in [0.2, 0.25) is 5.02 Å². The Morgan fingerprint density at radius 2 is 2.24 bits per heavy atom. The third-order valence-electron chi connectivity index (χ3n) is 3.69. The molecule has 1 atom stereocenters. The van der Waals surface area contributed by atoms with Crippen LogP contribution in [0.4, 0.5) is 0 Å². The number of hydrogen-bond acceptors (Lipinski definition) is 4. The number of rotatable bonds is 2. The number of aromatic nitrogens is 2. The largest absolute Gasteiger partial charge is 0.353 e. The first kappa shape index (κ1) is 14.0. The number of H-pyrrole nitrogens is 1. The van der Waals surface area contributed by atoms with E-state index in [1.807, 2.05) is 11.8 Å². The normalized spacial score (nSPS) is 19.7. The molecule has 1 unspecified atom stereocenters. The quantitative estimate of drug-likeness (QED) is 0.864. The molecule has 1 aliphatic rings. The lowest BCUT2D eigenvalue weighted by Crippen LogP contribution is -2.53. The molecule has 1 amide bonds. The van der Waals surface area contributed by atoms with Gasteiger partial charge in [0.25, 0.3) is 5.56 Å². The highest BCUT2D eigenvalue weighted by atomic mass is 35.5. The van der Waals surface area contributed by atoms with Crippen LogP contribution in [0.25, 0.3) is 10.9 Å². The molecule has 6 nitrogen and oxygen atoms in total. The molecular formula is C14H15ClN4O2. The van der Waals surface area contributed by atoms with Gasteiger partial charge in [0, 0.05) is 18.1 Å². The summed E-state index contributed by atoms with van der Waals surface area (Å²) in [7, 11) is 0. The lowest BCUT2D eigenvalue weighted by molar-refractivity contribution is -0.128. The van der Waals surface area contributed by atoms with Gasteiger partial charge in [0.05, 0.1) is 23.5 Å². The summed E-state index contributed by atoms with van der Waals surface area (Å²) in [5.74, 6) is 0.549. The van der Waals surface area contributed by atoms with Gasteiger partial charge in [0.15, 0.2) is 0 Å². The number of hydrogen-bond donors (Lipinski definition) is 2. The number of aromatic amines is 1. The van der Waals surface area contributed by atoms with Gasteiger partial charge >= 0.3 is 0 Å². The smallest absolute Gasteiger partial charge is 0.258 e. The molecule has 1 aromatic carbocycles. The van der Waals surface area contributed by atoms with E-state index < -0.39 is 0 Å². The third kappa shape index (κ3) is 2.77. The van der Waals surface area contributed by atoms with Crippen molar-refractivity contribution in [3.63, 3.8) is 0 Å². The Bertz CT molecular complexity index is 758. The maximum absolute atomic E-state index is 12.1. The molecule has 110 valence electrons. The second-order valence-corrected chi connectivity index (χ2v) is 5.55. The highest BCUT2D eigenvalue weighted by Crippen LogP contribution is 2.15. The summed E-state index contributed by atoms with van der Waals surface area (Å²) >= 11 is 5.89. The van der Waals surface area contributed by atoms with Crippen LogP contribution < -0.4 is 10.9 Å². The van der Waals surface area contributed by atoms with E-state index >= 15 is 0 Å². The first-order valence-electron chi connectivity index (χ1n) is 6.75. The van der Waals surface area contributed by atoms with Crippen LogP contribution >= 0.6 is 11.6 Å². The molecule has 7 heteroatoms. The number of nitrogens with one attached hydrogen (secondary N) is 2. The fourth-order valence-electron chi connectivity index (χ4n) is 2.47. The predicted octanol–water partition coefficient (Wildman–Crippen LogP) is 0.897. The lowest BCUT2D eigenvalue weighted by Gasteiger charge is -2.32. The summed E-state index contributed by atoms with van der Waals surface area (Å²) < 4.78 is 0. The average molecular weight is 307 g/mol. The molecule has 3 rings (SSSR count). The summed E-state index contributed by atoms with van der Waals surface area (Å²) in [6.45, 7) is 3.61. The number of amides is 1. The molecule has 2 aromatic rings. The minimum absolute atomic E-state index is 0.00355. The Hall–Kier alpha value is -1.92. The number of benzene rings is 1. The van der Waals surface area contributed by atoms with Gasteiger partial charge in [-0.25, -0.2) is 4.98 Å². The van der Waals surface area contributed by atoms with Gasteiger partial charge in [-0.05, 0) is 25.1 Å². The Kier molecular flexibility index (Phi) is 3.65. The first-order chi connectivity index (χ1) is 10.0. The monoisotopic (exact) mass is 306 g/mol. The zero-order chi connectivity index (χ0) is 15.0. The molecule has 2 heterocycles. The fourth-order valence-corrected chi connectivity index (χ4v) is 2.64. The summed E-state index contributed by atoms with van der Waals surface area (Å²) in [5, 5.41) is 3.78. The van der Waals surface area contributed by atoms with Crippen molar-refractivity contribution in [1.29, 1.82) is 0 Å². The van der Waals surface area contributed by atoms with Gasteiger partial charge in [0.1, 0.15) is 5.82 Å². The standard InChI is InChI=1S/C14H15ClN4O2/c1-8-13(20)16-4-5-19(8)7-12-17-11-3-2-9(15)6-10(11)14(21)18-12/h2-3,6,8H,4-5,7H2,1H3,(H,16,20)(H,17,18,21). The number of piperazine rings is 1. The van der Waals surface area contributed by atoms with Crippen LogP contribution in [0.3, 0.4) is 0 Å².